The second-order valence-corrected chi connectivity index (χ2v) is 23.0. The average Bonchev–Trinajstić information content (AvgIpc) is 3.15. The Morgan fingerprint density at radius 3 is 0.547 bits per heavy atom. The molecule has 0 spiro atoms. The van der Waals surface area contributed by atoms with Crippen molar-refractivity contribution in [2.45, 2.75) is 12.4 Å². The molecule has 6 aromatic rings. The number of halogens is 6. The number of alkyl halides is 6. The van der Waals surface area contributed by atoms with E-state index in [1.807, 2.05) is 0 Å². The van der Waals surface area contributed by atoms with Gasteiger partial charge in [-0.3, -0.25) is 0 Å². The van der Waals surface area contributed by atoms with Gasteiger partial charge in [-0.25, -0.2) is 9.59 Å². The molecule has 0 atom stereocenters. The molecule has 5 nitrogen and oxygen atoms in total. The fourth-order valence-corrected chi connectivity index (χ4v) is 17.5. The standard InChI is InChI=1S/6C6H5.2C2HF3O2.H2O.2Sb/c6*1-2-4-6-5-3-1;2*3-2(4,5)1(6)7;;;/h6*1-5H;2*(H,6,7);1H2;;. The van der Waals surface area contributed by atoms with Crippen molar-refractivity contribution < 1.29 is 51.6 Å². The summed E-state index contributed by atoms with van der Waals surface area (Å²) in [5, 5.41) is 14.2. The zero-order chi connectivity index (χ0) is 38.0. The van der Waals surface area contributed by atoms with Crippen molar-refractivity contribution in [1.29, 1.82) is 0 Å². The second-order valence-electron chi connectivity index (χ2n) is 10.3. The van der Waals surface area contributed by atoms with E-state index in [2.05, 4.69) is 182 Å². The van der Waals surface area contributed by atoms with Crippen LogP contribution in [0.2, 0.25) is 0 Å². The summed E-state index contributed by atoms with van der Waals surface area (Å²) in [6.07, 6.45) is -10.2. The van der Waals surface area contributed by atoms with Crippen molar-refractivity contribution in [3.05, 3.63) is 182 Å². The van der Waals surface area contributed by atoms with Gasteiger partial charge in [0.2, 0.25) is 0 Å². The molecule has 13 heteroatoms. The molecule has 0 radical (unpaired) electrons. The van der Waals surface area contributed by atoms with Crippen LogP contribution in [-0.4, -0.2) is 80.4 Å². The maximum absolute atomic E-state index is 10.6. The van der Waals surface area contributed by atoms with Crippen molar-refractivity contribution in [3.63, 3.8) is 0 Å². The molecular weight excluding hydrogens is 918 g/mol. The summed E-state index contributed by atoms with van der Waals surface area (Å²) in [5.41, 5.74) is 0. The van der Waals surface area contributed by atoms with Gasteiger partial charge in [0.1, 0.15) is 0 Å². The molecule has 6 rings (SSSR count). The monoisotopic (exact) mass is 950 g/mol. The molecule has 276 valence electrons. The molecule has 0 fully saturated rings. The Hall–Kier alpha value is -4.56. The molecule has 6 aromatic carbocycles. The first-order chi connectivity index (χ1) is 24.8. The molecule has 0 aliphatic rings. The first-order valence-electron chi connectivity index (χ1n) is 15.3. The predicted octanol–water partition coefficient (Wildman–Crippen LogP) is 4.85. The van der Waals surface area contributed by atoms with Crippen molar-refractivity contribution in [2.75, 3.05) is 0 Å². The van der Waals surface area contributed by atoms with E-state index in [0.29, 0.717) is 0 Å². The molecule has 0 aliphatic heterocycles. The first-order valence-corrected chi connectivity index (χ1v) is 23.0. The molecular formula is C40H34F6O5Sb2. The van der Waals surface area contributed by atoms with Crippen molar-refractivity contribution in [1.82, 2.24) is 0 Å². The van der Waals surface area contributed by atoms with Crippen LogP contribution in [0.25, 0.3) is 0 Å². The van der Waals surface area contributed by atoms with E-state index in [4.69, 9.17) is 19.8 Å². The van der Waals surface area contributed by atoms with Gasteiger partial charge in [-0.15, -0.1) is 0 Å². The van der Waals surface area contributed by atoms with Crippen LogP contribution in [0.4, 0.5) is 26.3 Å². The second kappa shape index (κ2) is 22.5. The molecule has 0 saturated heterocycles. The van der Waals surface area contributed by atoms with Gasteiger partial charge in [0.15, 0.2) is 0 Å². The Balaban J connectivity index is 0.000000269. The van der Waals surface area contributed by atoms with Gasteiger partial charge in [0.05, 0.1) is 0 Å². The van der Waals surface area contributed by atoms with Crippen LogP contribution in [0.5, 0.6) is 0 Å². The van der Waals surface area contributed by atoms with Crippen molar-refractivity contribution in [3.8, 4) is 0 Å². The van der Waals surface area contributed by atoms with Crippen LogP contribution in [0, 0.1) is 0 Å². The van der Waals surface area contributed by atoms with Crippen molar-refractivity contribution >= 4 is 73.4 Å². The summed E-state index contributed by atoms with van der Waals surface area (Å²) in [5.74, 6) is -5.51. The van der Waals surface area contributed by atoms with Gasteiger partial charge < -0.3 is 15.7 Å². The molecule has 53 heavy (non-hydrogen) atoms. The number of hydrogen-bond acceptors (Lipinski definition) is 2. The normalized spacial score (nSPS) is 10.6. The van der Waals surface area contributed by atoms with E-state index >= 15 is 0 Å². The van der Waals surface area contributed by atoms with E-state index in [1.54, 1.807) is 0 Å². The van der Waals surface area contributed by atoms with E-state index in [0.717, 1.165) is 0 Å². The number of carboxylic acid groups (broad SMARTS) is 2. The van der Waals surface area contributed by atoms with Gasteiger partial charge in [0, 0.05) is 0 Å². The average molecular weight is 952 g/mol. The Kier molecular flexibility index (Phi) is 18.9. The molecule has 0 aromatic heterocycles. The van der Waals surface area contributed by atoms with Gasteiger partial charge in [0.25, 0.3) is 0 Å². The van der Waals surface area contributed by atoms with Gasteiger partial charge >= 0.3 is 268 Å². The topological polar surface area (TPSA) is 106 Å². The molecule has 0 amide bonds. The zero-order valence-corrected chi connectivity index (χ0v) is 32.8. The third-order valence-electron chi connectivity index (χ3n) is 6.57. The summed E-state index contributed by atoms with van der Waals surface area (Å²) in [6.45, 7) is 0. The van der Waals surface area contributed by atoms with Gasteiger partial charge in [-0.05, 0) is 0 Å². The molecule has 0 bridgehead atoms. The SMILES string of the molecule is O.O=C(O)C(F)(F)F.O=C(O)C(F)(F)F.c1cc[c]([Sb]([c]2ccccc2)[c]2ccccc2)cc1.c1cc[c]([Sb]([c]2ccccc2)[c]2ccccc2)cc1. The summed E-state index contributed by atoms with van der Waals surface area (Å²) >= 11 is -3.65. The third kappa shape index (κ3) is 15.5. The van der Waals surface area contributed by atoms with Crippen LogP contribution in [0.15, 0.2) is 182 Å². The maximum atomic E-state index is 10.6. The third-order valence-corrected chi connectivity index (χ3v) is 20.5. The van der Waals surface area contributed by atoms with E-state index in [9.17, 15) is 26.3 Å². The van der Waals surface area contributed by atoms with E-state index in [-0.39, 0.29) is 5.48 Å². The molecule has 0 unspecified atom stereocenters. The minimum absolute atomic E-state index is 0. The van der Waals surface area contributed by atoms with E-state index in [1.165, 1.54) is 21.1 Å². The summed E-state index contributed by atoms with van der Waals surface area (Å²) in [7, 11) is 0. The fourth-order valence-electron chi connectivity index (χ4n) is 4.36. The zero-order valence-electron chi connectivity index (χ0n) is 27.7. The summed E-state index contributed by atoms with van der Waals surface area (Å²) < 4.78 is 72.6. The number of aliphatic carboxylic acids is 2. The summed E-state index contributed by atoms with van der Waals surface area (Å²) in [4.78, 5) is 17.8. The van der Waals surface area contributed by atoms with Crippen LogP contribution < -0.4 is 21.1 Å². The molecule has 0 heterocycles. The Labute approximate surface area is 317 Å². The predicted molar refractivity (Wildman–Crippen MR) is 199 cm³/mol. The number of rotatable bonds is 6. The van der Waals surface area contributed by atoms with Gasteiger partial charge in [-0.1, -0.05) is 0 Å². The van der Waals surface area contributed by atoms with Crippen molar-refractivity contribution in [2.24, 2.45) is 0 Å². The Morgan fingerprint density at radius 1 is 0.340 bits per heavy atom. The Morgan fingerprint density at radius 2 is 0.453 bits per heavy atom. The summed E-state index contributed by atoms with van der Waals surface area (Å²) in [6, 6.07) is 65.8. The van der Waals surface area contributed by atoms with Gasteiger partial charge in [-0.2, -0.15) is 26.3 Å². The van der Waals surface area contributed by atoms with Crippen LogP contribution in [0.1, 0.15) is 0 Å². The molecule has 0 saturated carbocycles. The minimum atomic E-state index is -5.08. The Bertz CT molecular complexity index is 1570. The quantitative estimate of drug-likeness (QED) is 0.184. The number of carboxylic acids is 2. The van der Waals surface area contributed by atoms with E-state index < -0.39 is 64.7 Å². The van der Waals surface area contributed by atoms with Crippen LogP contribution >= 0.6 is 0 Å². The molecule has 0 aliphatic carbocycles. The fraction of sp³-hybridized carbons (Fsp3) is 0.0500. The first kappa shape index (κ1) is 44.6. The molecule has 4 N–H and O–H groups in total. The van der Waals surface area contributed by atoms with Crippen LogP contribution in [0.3, 0.4) is 0 Å². The number of hydrogen-bond donors (Lipinski definition) is 2. The van der Waals surface area contributed by atoms with Crippen LogP contribution in [-0.2, 0) is 9.59 Å². The number of carbonyl (C=O) groups is 2. The number of benzene rings is 6.